The molecule has 0 aliphatic carbocycles. The average Bonchev–Trinajstić information content (AvgIpc) is 2.53. The normalized spacial score (nSPS) is 23.0. The maximum Gasteiger partial charge on any atom is 0.155 e. The van der Waals surface area contributed by atoms with E-state index in [-0.39, 0.29) is 11.8 Å². The maximum atomic E-state index is 11.3. The van der Waals surface area contributed by atoms with E-state index in [2.05, 4.69) is 10.3 Å². The fraction of sp³-hybridized carbons (Fsp3) is 0.333. The van der Waals surface area contributed by atoms with Crippen LogP contribution in [0, 0.1) is 0 Å². The van der Waals surface area contributed by atoms with Gasteiger partial charge in [0.1, 0.15) is 0 Å². The van der Waals surface area contributed by atoms with Gasteiger partial charge in [0.15, 0.2) is 5.78 Å². The molecule has 3 nitrogen and oxygen atoms in total. The van der Waals surface area contributed by atoms with Gasteiger partial charge in [0, 0.05) is 25.4 Å². The predicted molar refractivity (Wildman–Crippen MR) is 44.6 cm³/mol. The van der Waals surface area contributed by atoms with Crippen LogP contribution < -0.4 is 5.32 Å². The van der Waals surface area contributed by atoms with E-state index in [1.54, 1.807) is 12.4 Å². The quantitative estimate of drug-likeness (QED) is 0.660. The lowest BCUT2D eigenvalue weighted by atomic mass is 10.1. The highest BCUT2D eigenvalue weighted by atomic mass is 16.1. The Morgan fingerprint density at radius 1 is 1.42 bits per heavy atom. The Bertz CT molecular complexity index is 284. The number of rotatable bonds is 1. The Morgan fingerprint density at radius 2 is 2.17 bits per heavy atom. The van der Waals surface area contributed by atoms with Crippen molar-refractivity contribution in [1.29, 1.82) is 0 Å². The third-order valence-corrected chi connectivity index (χ3v) is 2.08. The summed E-state index contributed by atoms with van der Waals surface area (Å²) in [7, 11) is 0. The van der Waals surface area contributed by atoms with Gasteiger partial charge in [-0.2, -0.15) is 0 Å². The first-order valence-corrected chi connectivity index (χ1v) is 4.04. The molecule has 1 aliphatic rings. The number of carbonyl (C=O) groups excluding carboxylic acids is 1. The summed E-state index contributed by atoms with van der Waals surface area (Å²) >= 11 is 0. The molecule has 1 unspecified atom stereocenters. The summed E-state index contributed by atoms with van der Waals surface area (Å²) in [4.78, 5) is 15.2. The van der Waals surface area contributed by atoms with Crippen molar-refractivity contribution in [3.05, 3.63) is 30.1 Å². The summed E-state index contributed by atoms with van der Waals surface area (Å²) in [5.41, 5.74) is 1.02. The number of pyridine rings is 1. The van der Waals surface area contributed by atoms with Crippen LogP contribution in [0.2, 0.25) is 0 Å². The summed E-state index contributed by atoms with van der Waals surface area (Å²) in [6, 6.07) is 3.66. The number of nitrogens with zero attached hydrogens (tertiary/aromatic N) is 1. The van der Waals surface area contributed by atoms with E-state index in [9.17, 15) is 4.79 Å². The van der Waals surface area contributed by atoms with E-state index >= 15 is 0 Å². The molecule has 3 heteroatoms. The average molecular weight is 162 g/mol. The molecule has 1 saturated heterocycles. The Balaban J connectivity index is 2.25. The lowest BCUT2D eigenvalue weighted by Crippen LogP contribution is -2.17. The Hall–Kier alpha value is -1.22. The van der Waals surface area contributed by atoms with Crippen molar-refractivity contribution in [3.63, 3.8) is 0 Å². The molecule has 12 heavy (non-hydrogen) atoms. The second kappa shape index (κ2) is 3.03. The van der Waals surface area contributed by atoms with Gasteiger partial charge in [-0.15, -0.1) is 0 Å². The van der Waals surface area contributed by atoms with Gasteiger partial charge in [-0.1, -0.05) is 0 Å². The molecule has 62 valence electrons. The van der Waals surface area contributed by atoms with Crippen LogP contribution in [0.1, 0.15) is 18.0 Å². The van der Waals surface area contributed by atoms with Crippen LogP contribution in [0.4, 0.5) is 0 Å². The Kier molecular flexibility index (Phi) is 1.87. The summed E-state index contributed by atoms with van der Waals surface area (Å²) in [5, 5.41) is 3.15. The van der Waals surface area contributed by atoms with Crippen molar-refractivity contribution in [2.75, 3.05) is 6.54 Å². The van der Waals surface area contributed by atoms with Crippen molar-refractivity contribution in [3.8, 4) is 0 Å². The molecule has 1 aromatic heterocycles. The van der Waals surface area contributed by atoms with Gasteiger partial charge in [-0.05, 0) is 17.7 Å². The molecule has 1 aliphatic heterocycles. The number of ketones is 1. The topological polar surface area (TPSA) is 42.0 Å². The van der Waals surface area contributed by atoms with Gasteiger partial charge in [0.25, 0.3) is 0 Å². The van der Waals surface area contributed by atoms with Crippen molar-refractivity contribution in [1.82, 2.24) is 10.3 Å². The number of carbonyl (C=O) groups is 1. The molecule has 1 aromatic rings. The minimum Gasteiger partial charge on any atom is -0.303 e. The second-order valence-corrected chi connectivity index (χ2v) is 2.88. The lowest BCUT2D eigenvalue weighted by Gasteiger charge is -2.07. The zero-order valence-electron chi connectivity index (χ0n) is 6.66. The number of aromatic nitrogens is 1. The van der Waals surface area contributed by atoms with Gasteiger partial charge >= 0.3 is 0 Å². The van der Waals surface area contributed by atoms with Crippen molar-refractivity contribution in [2.24, 2.45) is 0 Å². The zero-order chi connectivity index (χ0) is 8.39. The Morgan fingerprint density at radius 3 is 2.75 bits per heavy atom. The van der Waals surface area contributed by atoms with Crippen LogP contribution in [0.15, 0.2) is 24.5 Å². The molecule has 1 fully saturated rings. The lowest BCUT2D eigenvalue weighted by molar-refractivity contribution is -0.118. The molecule has 0 spiro atoms. The largest absolute Gasteiger partial charge is 0.303 e. The molecule has 0 amide bonds. The monoisotopic (exact) mass is 162 g/mol. The van der Waals surface area contributed by atoms with Crippen LogP contribution in [0.25, 0.3) is 0 Å². The zero-order valence-corrected chi connectivity index (χ0v) is 6.66. The maximum absolute atomic E-state index is 11.3. The smallest absolute Gasteiger partial charge is 0.155 e. The van der Waals surface area contributed by atoms with Crippen LogP contribution in [0.3, 0.4) is 0 Å². The molecular formula is C9H10N2O. The molecule has 2 heterocycles. The molecular weight excluding hydrogens is 152 g/mol. The summed E-state index contributed by atoms with van der Waals surface area (Å²) < 4.78 is 0. The molecule has 1 N–H and O–H groups in total. The van der Waals surface area contributed by atoms with Gasteiger partial charge in [0.2, 0.25) is 0 Å². The van der Waals surface area contributed by atoms with E-state index in [1.165, 1.54) is 0 Å². The van der Waals surface area contributed by atoms with Crippen LogP contribution >= 0.6 is 0 Å². The molecule has 0 radical (unpaired) electrons. The number of hydrogen-bond acceptors (Lipinski definition) is 3. The van der Waals surface area contributed by atoms with Crippen molar-refractivity contribution >= 4 is 5.78 Å². The SMILES string of the molecule is O=C1CCNC1c1ccncc1. The van der Waals surface area contributed by atoms with Crippen LogP contribution in [0.5, 0.6) is 0 Å². The number of Topliss-reactive ketones (excluding diaryl/α,β-unsaturated/α-hetero) is 1. The first kappa shape index (κ1) is 7.43. The van der Waals surface area contributed by atoms with E-state index in [0.717, 1.165) is 12.1 Å². The molecule has 0 bridgehead atoms. The third kappa shape index (κ3) is 1.23. The predicted octanol–water partition coefficient (Wildman–Crippen LogP) is 0.685. The third-order valence-electron chi connectivity index (χ3n) is 2.08. The van der Waals surface area contributed by atoms with E-state index in [4.69, 9.17) is 0 Å². The van der Waals surface area contributed by atoms with E-state index in [1.807, 2.05) is 12.1 Å². The number of hydrogen-bond donors (Lipinski definition) is 1. The van der Waals surface area contributed by atoms with Gasteiger partial charge < -0.3 is 5.32 Å². The van der Waals surface area contributed by atoms with Gasteiger partial charge in [-0.25, -0.2) is 0 Å². The molecule has 1 atom stereocenters. The minimum atomic E-state index is -0.0898. The van der Waals surface area contributed by atoms with Gasteiger partial charge in [-0.3, -0.25) is 9.78 Å². The van der Waals surface area contributed by atoms with E-state index in [0.29, 0.717) is 6.42 Å². The molecule has 2 rings (SSSR count). The first-order valence-electron chi connectivity index (χ1n) is 4.04. The van der Waals surface area contributed by atoms with Crippen LogP contribution in [-0.2, 0) is 4.79 Å². The van der Waals surface area contributed by atoms with Crippen molar-refractivity contribution < 1.29 is 4.79 Å². The fourth-order valence-electron chi connectivity index (χ4n) is 1.46. The standard InChI is InChI=1S/C9H10N2O/c12-8-3-6-11-9(8)7-1-4-10-5-2-7/h1-2,4-5,9,11H,3,6H2. The van der Waals surface area contributed by atoms with Crippen LogP contribution in [-0.4, -0.2) is 17.3 Å². The van der Waals surface area contributed by atoms with E-state index < -0.39 is 0 Å². The number of nitrogens with one attached hydrogen (secondary N) is 1. The summed E-state index contributed by atoms with van der Waals surface area (Å²) in [6.45, 7) is 0.797. The second-order valence-electron chi connectivity index (χ2n) is 2.88. The summed E-state index contributed by atoms with van der Waals surface area (Å²) in [5.74, 6) is 0.279. The fourth-order valence-corrected chi connectivity index (χ4v) is 1.46. The highest BCUT2D eigenvalue weighted by Gasteiger charge is 2.24. The minimum absolute atomic E-state index is 0.0898. The Labute approximate surface area is 70.8 Å². The van der Waals surface area contributed by atoms with Crippen molar-refractivity contribution in [2.45, 2.75) is 12.5 Å². The summed E-state index contributed by atoms with van der Waals surface area (Å²) in [6.07, 6.45) is 4.07. The highest BCUT2D eigenvalue weighted by molar-refractivity contribution is 5.87. The molecule has 0 aromatic carbocycles. The highest BCUT2D eigenvalue weighted by Crippen LogP contribution is 2.18. The molecule has 0 saturated carbocycles. The first-order chi connectivity index (χ1) is 5.88. The van der Waals surface area contributed by atoms with Gasteiger partial charge in [0.05, 0.1) is 6.04 Å².